The number of rotatable bonds is 7. The van der Waals surface area contributed by atoms with E-state index < -0.39 is 0 Å². The molecule has 0 aliphatic carbocycles. The van der Waals surface area contributed by atoms with Crippen LogP contribution in [-0.4, -0.2) is 49.0 Å². The number of amides is 1. The third-order valence-corrected chi connectivity index (χ3v) is 6.24. The Hall–Kier alpha value is -1.21. The molecule has 7 heteroatoms. The maximum absolute atomic E-state index is 11.8. The molecule has 0 bridgehead atoms. The number of guanidine groups is 1. The molecular formula is C16H26N4OS2. The minimum atomic E-state index is 0.00805. The van der Waals surface area contributed by atoms with E-state index in [0.717, 1.165) is 30.3 Å². The second-order valence-corrected chi connectivity index (χ2v) is 8.47. The van der Waals surface area contributed by atoms with Crippen LogP contribution in [0.15, 0.2) is 22.5 Å². The van der Waals surface area contributed by atoms with Crippen LogP contribution < -0.4 is 16.0 Å². The number of aliphatic imine (C=N–C) groups is 1. The third-order valence-electron chi connectivity index (χ3n) is 3.83. The molecule has 0 spiro atoms. The Morgan fingerprint density at radius 1 is 1.35 bits per heavy atom. The summed E-state index contributed by atoms with van der Waals surface area (Å²) in [4.78, 5) is 16.8. The van der Waals surface area contributed by atoms with E-state index in [1.165, 1.54) is 29.9 Å². The van der Waals surface area contributed by atoms with Crippen molar-refractivity contribution in [1.82, 2.24) is 16.0 Å². The van der Waals surface area contributed by atoms with Crippen LogP contribution in [0.4, 0.5) is 0 Å². The van der Waals surface area contributed by atoms with Gasteiger partial charge in [0.1, 0.15) is 0 Å². The Morgan fingerprint density at radius 2 is 2.17 bits per heavy atom. The van der Waals surface area contributed by atoms with E-state index in [4.69, 9.17) is 0 Å². The highest BCUT2D eigenvalue weighted by Gasteiger charge is 2.29. The van der Waals surface area contributed by atoms with Crippen molar-refractivity contribution in [2.24, 2.45) is 4.99 Å². The summed E-state index contributed by atoms with van der Waals surface area (Å²) in [7, 11) is 1.79. The fourth-order valence-corrected chi connectivity index (χ4v) is 4.34. The highest BCUT2D eigenvalue weighted by Crippen LogP contribution is 2.36. The van der Waals surface area contributed by atoms with Gasteiger partial charge in [0.05, 0.1) is 4.88 Å². The Morgan fingerprint density at radius 3 is 2.83 bits per heavy atom. The number of nitrogens with one attached hydrogen (secondary N) is 3. The second kappa shape index (κ2) is 9.17. The molecule has 23 heavy (non-hydrogen) atoms. The molecule has 128 valence electrons. The Labute approximate surface area is 146 Å². The maximum atomic E-state index is 11.8. The smallest absolute Gasteiger partial charge is 0.261 e. The van der Waals surface area contributed by atoms with Gasteiger partial charge in [0.2, 0.25) is 0 Å². The first kappa shape index (κ1) is 18.1. The topological polar surface area (TPSA) is 65.5 Å². The molecule has 1 unspecified atom stereocenters. The van der Waals surface area contributed by atoms with Gasteiger partial charge in [-0.1, -0.05) is 6.07 Å². The van der Waals surface area contributed by atoms with Crippen molar-refractivity contribution in [1.29, 1.82) is 0 Å². The van der Waals surface area contributed by atoms with Crippen LogP contribution >= 0.6 is 23.1 Å². The predicted octanol–water partition coefficient (Wildman–Crippen LogP) is 2.32. The van der Waals surface area contributed by atoms with E-state index in [-0.39, 0.29) is 5.91 Å². The van der Waals surface area contributed by atoms with Gasteiger partial charge < -0.3 is 16.0 Å². The van der Waals surface area contributed by atoms with Crippen molar-refractivity contribution in [2.45, 2.75) is 30.9 Å². The molecule has 3 N–H and O–H groups in total. The highest BCUT2D eigenvalue weighted by molar-refractivity contribution is 8.00. The molecule has 1 saturated heterocycles. The van der Waals surface area contributed by atoms with Crippen LogP contribution in [0, 0.1) is 0 Å². The third kappa shape index (κ3) is 6.06. The lowest BCUT2D eigenvalue weighted by Crippen LogP contribution is -2.44. The van der Waals surface area contributed by atoms with Gasteiger partial charge in [-0.15, -0.1) is 11.3 Å². The normalized spacial score (nSPS) is 21.2. The second-order valence-electron chi connectivity index (χ2n) is 5.84. The summed E-state index contributed by atoms with van der Waals surface area (Å²) in [5, 5.41) is 11.5. The van der Waals surface area contributed by atoms with E-state index in [2.05, 4.69) is 27.9 Å². The maximum Gasteiger partial charge on any atom is 0.261 e. The average Bonchev–Trinajstić information content (AvgIpc) is 3.22. The molecule has 0 radical (unpaired) electrons. The molecule has 1 fully saturated rings. The van der Waals surface area contributed by atoms with Gasteiger partial charge in [0.25, 0.3) is 5.91 Å². The van der Waals surface area contributed by atoms with E-state index in [1.807, 2.05) is 29.3 Å². The first-order valence-electron chi connectivity index (χ1n) is 8.03. The van der Waals surface area contributed by atoms with Gasteiger partial charge in [-0.05, 0) is 43.4 Å². The molecule has 1 aromatic rings. The molecule has 1 aromatic heterocycles. The number of hydrogen-bond donors (Lipinski definition) is 3. The molecule has 1 aliphatic rings. The van der Waals surface area contributed by atoms with Crippen LogP contribution in [0.2, 0.25) is 0 Å². The lowest BCUT2D eigenvalue weighted by molar-refractivity contribution is 0.0957. The van der Waals surface area contributed by atoms with Crippen LogP contribution in [0.5, 0.6) is 0 Å². The number of nitrogens with zero attached hydrogens (tertiary/aromatic N) is 1. The molecule has 2 heterocycles. The van der Waals surface area contributed by atoms with Crippen molar-refractivity contribution in [3.63, 3.8) is 0 Å². The molecule has 5 nitrogen and oxygen atoms in total. The summed E-state index contributed by atoms with van der Waals surface area (Å²) >= 11 is 3.50. The standard InChI is InChI=1S/C16H26N4OS2/c1-16(7-4-11-23-16)12-20-15(17-2)19-9-5-8-18-14(21)13-6-3-10-22-13/h3,6,10H,4-5,7-9,11-12H2,1-2H3,(H,18,21)(H2,17,19,20). The molecule has 0 saturated carbocycles. The van der Waals surface area contributed by atoms with Crippen molar-refractivity contribution >= 4 is 35.0 Å². The van der Waals surface area contributed by atoms with Gasteiger partial charge in [0.15, 0.2) is 5.96 Å². The summed E-state index contributed by atoms with van der Waals surface area (Å²) in [6, 6.07) is 3.73. The Kier molecular flexibility index (Phi) is 7.23. The quantitative estimate of drug-likeness (QED) is 0.399. The molecule has 0 aromatic carbocycles. The van der Waals surface area contributed by atoms with E-state index in [1.54, 1.807) is 7.05 Å². The zero-order valence-corrected chi connectivity index (χ0v) is 15.5. The summed E-state index contributed by atoms with van der Waals surface area (Å²) in [5.41, 5.74) is 0. The van der Waals surface area contributed by atoms with Crippen LogP contribution in [-0.2, 0) is 0 Å². The summed E-state index contributed by atoms with van der Waals surface area (Å²) < 4.78 is 0.326. The minimum absolute atomic E-state index is 0.00805. The van der Waals surface area contributed by atoms with Crippen molar-refractivity contribution in [2.75, 3.05) is 32.4 Å². The van der Waals surface area contributed by atoms with Gasteiger partial charge >= 0.3 is 0 Å². The number of hydrogen-bond acceptors (Lipinski definition) is 4. The number of thiophene rings is 1. The number of carbonyl (C=O) groups is 1. The minimum Gasteiger partial charge on any atom is -0.356 e. The molecule has 2 rings (SSSR count). The van der Waals surface area contributed by atoms with Gasteiger partial charge in [-0.25, -0.2) is 0 Å². The van der Waals surface area contributed by atoms with Gasteiger partial charge in [-0.2, -0.15) is 11.8 Å². The first-order valence-corrected chi connectivity index (χ1v) is 9.90. The lowest BCUT2D eigenvalue weighted by atomic mass is 10.1. The fraction of sp³-hybridized carbons (Fsp3) is 0.625. The first-order chi connectivity index (χ1) is 11.1. The molecule has 1 amide bonds. The zero-order valence-electron chi connectivity index (χ0n) is 13.9. The fourth-order valence-electron chi connectivity index (χ4n) is 2.46. The summed E-state index contributed by atoms with van der Waals surface area (Å²) in [6.45, 7) is 4.69. The monoisotopic (exact) mass is 354 g/mol. The highest BCUT2D eigenvalue weighted by atomic mass is 32.2. The summed E-state index contributed by atoms with van der Waals surface area (Å²) in [5.74, 6) is 2.10. The Bertz CT molecular complexity index is 510. The largest absolute Gasteiger partial charge is 0.356 e. The molecule has 1 atom stereocenters. The van der Waals surface area contributed by atoms with Crippen LogP contribution in [0.25, 0.3) is 0 Å². The average molecular weight is 355 g/mol. The van der Waals surface area contributed by atoms with E-state index >= 15 is 0 Å². The number of thioether (sulfide) groups is 1. The van der Waals surface area contributed by atoms with Gasteiger partial charge in [-0.3, -0.25) is 9.79 Å². The number of carbonyl (C=O) groups excluding carboxylic acids is 1. The van der Waals surface area contributed by atoms with Crippen molar-refractivity contribution in [3.05, 3.63) is 22.4 Å². The predicted molar refractivity (Wildman–Crippen MR) is 101 cm³/mol. The van der Waals surface area contributed by atoms with Crippen LogP contribution in [0.1, 0.15) is 35.9 Å². The zero-order chi connectivity index (χ0) is 16.5. The van der Waals surface area contributed by atoms with Crippen LogP contribution in [0.3, 0.4) is 0 Å². The lowest BCUT2D eigenvalue weighted by Gasteiger charge is -2.24. The Balaban J connectivity index is 1.58. The molecular weight excluding hydrogens is 328 g/mol. The van der Waals surface area contributed by atoms with Crippen molar-refractivity contribution in [3.8, 4) is 0 Å². The van der Waals surface area contributed by atoms with E-state index in [0.29, 0.717) is 11.3 Å². The SMILES string of the molecule is CN=C(NCCCNC(=O)c1cccs1)NCC1(C)CCCS1. The summed E-state index contributed by atoms with van der Waals surface area (Å²) in [6.07, 6.45) is 3.43. The van der Waals surface area contributed by atoms with Crippen molar-refractivity contribution < 1.29 is 4.79 Å². The van der Waals surface area contributed by atoms with Gasteiger partial charge in [0, 0.05) is 31.4 Å². The van der Waals surface area contributed by atoms with E-state index in [9.17, 15) is 4.79 Å². The molecule has 1 aliphatic heterocycles.